The number of rotatable bonds is 4. The Kier molecular flexibility index (Phi) is 4.31. The van der Waals surface area contributed by atoms with Crippen LogP contribution < -0.4 is 0 Å². The number of nitrogens with zero attached hydrogens (tertiary/aromatic N) is 2. The number of nitrogens with one attached hydrogen (secondary N) is 1. The van der Waals surface area contributed by atoms with Gasteiger partial charge in [-0.3, -0.25) is 5.10 Å². The van der Waals surface area contributed by atoms with Gasteiger partial charge in [-0.05, 0) is 42.3 Å². The van der Waals surface area contributed by atoms with Crippen LogP contribution in [0, 0.1) is 5.82 Å². The van der Waals surface area contributed by atoms with Gasteiger partial charge in [0.05, 0.1) is 6.04 Å². The minimum atomic E-state index is -4.60. The third-order valence-corrected chi connectivity index (χ3v) is 6.29. The van der Waals surface area contributed by atoms with Crippen molar-refractivity contribution in [1.82, 2.24) is 14.5 Å². The lowest BCUT2D eigenvalue weighted by molar-refractivity contribution is -0.141. The summed E-state index contributed by atoms with van der Waals surface area (Å²) in [5.74, 6) is -0.533. The molecule has 1 aliphatic rings. The molecule has 2 aromatic heterocycles. The maximum Gasteiger partial charge on any atom is 0.432 e. The second-order valence-corrected chi connectivity index (χ2v) is 8.08. The molecule has 0 radical (unpaired) electrons. The average Bonchev–Trinajstić information content (AvgIpc) is 3.24. The van der Waals surface area contributed by atoms with Crippen molar-refractivity contribution in [1.29, 1.82) is 0 Å². The van der Waals surface area contributed by atoms with Crippen LogP contribution in [0.15, 0.2) is 52.0 Å². The number of H-pyrrole nitrogens is 1. The van der Waals surface area contributed by atoms with Crippen LogP contribution in [-0.4, -0.2) is 29.5 Å². The van der Waals surface area contributed by atoms with Gasteiger partial charge in [-0.15, -0.1) is 0 Å². The summed E-state index contributed by atoms with van der Waals surface area (Å²) in [5.41, 5.74) is -0.583. The summed E-state index contributed by atoms with van der Waals surface area (Å²) in [5, 5.41) is 4.96. The van der Waals surface area contributed by atoms with E-state index in [1.165, 1.54) is 40.7 Å². The summed E-state index contributed by atoms with van der Waals surface area (Å²) in [7, 11) is -4.01. The third-order valence-electron chi connectivity index (χ3n) is 4.51. The molecule has 3 aromatic rings. The monoisotopic (exact) mass is 415 g/mol. The van der Waals surface area contributed by atoms with Crippen molar-refractivity contribution >= 4 is 10.0 Å². The van der Waals surface area contributed by atoms with Crippen molar-refractivity contribution in [2.24, 2.45) is 0 Å². The lowest BCUT2D eigenvalue weighted by Gasteiger charge is -2.39. The van der Waals surface area contributed by atoms with Gasteiger partial charge in [-0.1, -0.05) is 12.1 Å². The van der Waals surface area contributed by atoms with Gasteiger partial charge in [0.15, 0.2) is 5.76 Å². The van der Waals surface area contributed by atoms with Crippen LogP contribution in [-0.2, 0) is 16.2 Å². The van der Waals surface area contributed by atoms with Crippen molar-refractivity contribution in [2.75, 3.05) is 6.54 Å². The molecule has 1 saturated heterocycles. The zero-order valence-corrected chi connectivity index (χ0v) is 14.9. The van der Waals surface area contributed by atoms with Gasteiger partial charge in [0.2, 0.25) is 5.09 Å². The summed E-state index contributed by atoms with van der Waals surface area (Å²) >= 11 is 0. The topological polar surface area (TPSA) is 79.2 Å². The SMILES string of the molecule is O=S(=O)(c1ccc(-c2cc(C(F)(F)F)[nH]n2)o1)N1CCC1c1ccc(F)cc1. The van der Waals surface area contributed by atoms with Gasteiger partial charge in [-0.2, -0.15) is 22.6 Å². The maximum atomic E-state index is 13.1. The first-order valence-electron chi connectivity index (χ1n) is 8.16. The van der Waals surface area contributed by atoms with Crippen LogP contribution >= 0.6 is 0 Å². The van der Waals surface area contributed by atoms with Crippen molar-refractivity contribution in [3.05, 3.63) is 59.5 Å². The second-order valence-electron chi connectivity index (χ2n) is 6.26. The molecule has 0 saturated carbocycles. The Balaban J connectivity index is 1.59. The van der Waals surface area contributed by atoms with E-state index in [1.54, 1.807) is 0 Å². The van der Waals surface area contributed by atoms with Gasteiger partial charge >= 0.3 is 6.18 Å². The van der Waals surface area contributed by atoms with E-state index in [9.17, 15) is 26.0 Å². The van der Waals surface area contributed by atoms with Gasteiger partial charge in [0.1, 0.15) is 17.2 Å². The van der Waals surface area contributed by atoms with Crippen LogP contribution in [0.1, 0.15) is 23.7 Å². The highest BCUT2D eigenvalue weighted by molar-refractivity contribution is 7.89. The summed E-state index contributed by atoms with van der Waals surface area (Å²) in [6.07, 6.45) is -4.04. The van der Waals surface area contributed by atoms with E-state index in [0.29, 0.717) is 12.0 Å². The number of furan rings is 1. The summed E-state index contributed by atoms with van der Waals surface area (Å²) in [6, 6.07) is 8.22. The van der Waals surface area contributed by atoms with Gasteiger partial charge in [0.25, 0.3) is 10.0 Å². The molecule has 0 aliphatic carbocycles. The lowest BCUT2D eigenvalue weighted by atomic mass is 9.98. The molecular formula is C17H13F4N3O3S. The van der Waals surface area contributed by atoms with Gasteiger partial charge in [-0.25, -0.2) is 12.8 Å². The number of hydrogen-bond acceptors (Lipinski definition) is 4. The fourth-order valence-corrected chi connectivity index (χ4v) is 4.55. The third kappa shape index (κ3) is 3.20. The standard InChI is InChI=1S/C17H13F4N3O3S/c18-11-3-1-10(2-4-11)13-7-8-24(13)28(25,26)16-6-5-14(27-16)12-9-15(23-22-12)17(19,20)21/h1-6,9,13H,7-8H2,(H,22,23). The smallest absolute Gasteiger partial charge is 0.432 e. The van der Waals surface area contributed by atoms with Crippen molar-refractivity contribution in [2.45, 2.75) is 23.7 Å². The normalized spacial score (nSPS) is 18.2. The fraction of sp³-hybridized carbons (Fsp3) is 0.235. The van der Waals surface area contributed by atoms with Crippen molar-refractivity contribution in [3.63, 3.8) is 0 Å². The lowest BCUT2D eigenvalue weighted by Crippen LogP contribution is -2.44. The number of hydrogen-bond donors (Lipinski definition) is 1. The Labute approximate surface area is 156 Å². The molecule has 6 nitrogen and oxygen atoms in total. The van der Waals surface area contributed by atoms with Crippen molar-refractivity contribution < 1.29 is 30.4 Å². The quantitative estimate of drug-likeness (QED) is 0.654. The molecular weight excluding hydrogens is 402 g/mol. The zero-order chi connectivity index (χ0) is 20.1. The molecule has 4 rings (SSSR count). The molecule has 148 valence electrons. The minimum absolute atomic E-state index is 0.107. The first kappa shape index (κ1) is 18.7. The van der Waals surface area contributed by atoms with Gasteiger partial charge < -0.3 is 4.42 Å². The predicted molar refractivity (Wildman–Crippen MR) is 88.9 cm³/mol. The molecule has 11 heteroatoms. The van der Waals surface area contributed by atoms with Crippen LogP contribution in [0.2, 0.25) is 0 Å². The number of aromatic nitrogens is 2. The highest BCUT2D eigenvalue weighted by Gasteiger charge is 2.41. The molecule has 1 aliphatic heterocycles. The summed E-state index contributed by atoms with van der Waals surface area (Å²) < 4.78 is 83.2. The Morgan fingerprint density at radius 1 is 1.14 bits per heavy atom. The van der Waals surface area contributed by atoms with E-state index < -0.39 is 38.8 Å². The fourth-order valence-electron chi connectivity index (χ4n) is 2.97. The Morgan fingerprint density at radius 2 is 1.86 bits per heavy atom. The van der Waals surface area contributed by atoms with Crippen LogP contribution in [0.25, 0.3) is 11.5 Å². The Hall–Kier alpha value is -2.66. The predicted octanol–water partition coefficient (Wildman–Crippen LogP) is 3.96. The summed E-state index contributed by atoms with van der Waals surface area (Å²) in [4.78, 5) is 0. The Bertz CT molecular complexity index is 1100. The van der Waals surface area contributed by atoms with Crippen LogP contribution in [0.3, 0.4) is 0 Å². The van der Waals surface area contributed by atoms with Gasteiger partial charge in [0, 0.05) is 6.54 Å². The highest BCUT2D eigenvalue weighted by Crippen LogP contribution is 2.39. The number of alkyl halides is 3. The number of aromatic amines is 1. The first-order chi connectivity index (χ1) is 13.2. The van der Waals surface area contributed by atoms with E-state index in [2.05, 4.69) is 5.10 Å². The average molecular weight is 415 g/mol. The second kappa shape index (κ2) is 6.45. The van der Waals surface area contributed by atoms with E-state index in [1.807, 2.05) is 5.10 Å². The van der Waals surface area contributed by atoms with E-state index in [4.69, 9.17) is 4.42 Å². The highest BCUT2D eigenvalue weighted by atomic mass is 32.2. The number of benzene rings is 1. The number of sulfonamides is 1. The molecule has 28 heavy (non-hydrogen) atoms. The van der Waals surface area contributed by atoms with E-state index in [-0.39, 0.29) is 18.0 Å². The minimum Gasteiger partial charge on any atom is -0.442 e. The van der Waals surface area contributed by atoms with Crippen LogP contribution in [0.5, 0.6) is 0 Å². The number of halogens is 4. The first-order valence-corrected chi connectivity index (χ1v) is 9.60. The molecule has 0 bridgehead atoms. The van der Waals surface area contributed by atoms with E-state index >= 15 is 0 Å². The molecule has 0 spiro atoms. The molecule has 1 aromatic carbocycles. The molecule has 0 amide bonds. The largest absolute Gasteiger partial charge is 0.442 e. The van der Waals surface area contributed by atoms with Crippen molar-refractivity contribution in [3.8, 4) is 11.5 Å². The van der Waals surface area contributed by atoms with E-state index in [0.717, 1.165) is 6.07 Å². The molecule has 1 atom stereocenters. The molecule has 1 fully saturated rings. The molecule has 1 unspecified atom stereocenters. The van der Waals surface area contributed by atoms with Crippen LogP contribution in [0.4, 0.5) is 17.6 Å². The zero-order valence-electron chi connectivity index (χ0n) is 14.1. The maximum absolute atomic E-state index is 13.1. The summed E-state index contributed by atoms with van der Waals surface area (Å²) in [6.45, 7) is 0.251. The Morgan fingerprint density at radius 3 is 2.43 bits per heavy atom. The molecule has 3 heterocycles. The molecule has 1 N–H and O–H groups in total.